The lowest BCUT2D eigenvalue weighted by atomic mass is 10.0. The second kappa shape index (κ2) is 11.2. The summed E-state index contributed by atoms with van der Waals surface area (Å²) in [5.41, 5.74) is 4.31. The van der Waals surface area contributed by atoms with E-state index in [-0.39, 0.29) is 6.04 Å². The number of ether oxygens (including phenoxy) is 1. The first kappa shape index (κ1) is 24.5. The number of fused-ring (bicyclic) bond motifs is 1. The molecule has 35 heavy (non-hydrogen) atoms. The van der Waals surface area contributed by atoms with Gasteiger partial charge in [0.05, 0.1) is 0 Å². The summed E-state index contributed by atoms with van der Waals surface area (Å²) < 4.78 is 5.44. The summed E-state index contributed by atoms with van der Waals surface area (Å²) in [5.74, 6) is 0. The zero-order valence-electron chi connectivity index (χ0n) is 20.8. The Morgan fingerprint density at radius 3 is 2.11 bits per heavy atom. The Labute approximate surface area is 208 Å². The Morgan fingerprint density at radius 1 is 0.771 bits per heavy atom. The van der Waals surface area contributed by atoms with Gasteiger partial charge in [0.25, 0.3) is 0 Å². The molecule has 0 spiro atoms. The molecule has 0 saturated heterocycles. The third-order valence-electron chi connectivity index (χ3n) is 5.84. The van der Waals surface area contributed by atoms with Gasteiger partial charge in [-0.15, -0.1) is 0 Å². The average Bonchev–Trinajstić information content (AvgIpc) is 2.85. The second-order valence-corrected chi connectivity index (χ2v) is 9.91. The van der Waals surface area contributed by atoms with Crippen molar-refractivity contribution in [2.24, 2.45) is 0 Å². The molecule has 1 unspecified atom stereocenters. The van der Waals surface area contributed by atoms with Gasteiger partial charge < -0.3 is 15.4 Å². The molecule has 0 saturated carbocycles. The van der Waals surface area contributed by atoms with E-state index in [4.69, 9.17) is 4.74 Å². The van der Waals surface area contributed by atoms with Crippen LogP contribution in [0.3, 0.4) is 0 Å². The highest BCUT2D eigenvalue weighted by Gasteiger charge is 2.18. The summed E-state index contributed by atoms with van der Waals surface area (Å²) in [5, 5.41) is 9.05. The van der Waals surface area contributed by atoms with Crippen LogP contribution in [-0.2, 0) is 17.7 Å². The van der Waals surface area contributed by atoms with Gasteiger partial charge in [-0.25, -0.2) is 4.79 Å². The van der Waals surface area contributed by atoms with E-state index >= 15 is 0 Å². The highest BCUT2D eigenvalue weighted by Crippen LogP contribution is 2.20. The van der Waals surface area contributed by atoms with Gasteiger partial charge in [0.2, 0.25) is 0 Å². The molecule has 1 atom stereocenters. The Balaban J connectivity index is 1.44. The maximum Gasteiger partial charge on any atom is 0.407 e. The average molecular weight is 467 g/mol. The summed E-state index contributed by atoms with van der Waals surface area (Å²) in [7, 11) is 0. The summed E-state index contributed by atoms with van der Waals surface area (Å²) >= 11 is 0. The van der Waals surface area contributed by atoms with E-state index in [1.807, 2.05) is 26.8 Å². The molecule has 0 heterocycles. The van der Waals surface area contributed by atoms with E-state index in [2.05, 4.69) is 102 Å². The molecule has 0 aliphatic carbocycles. The Kier molecular flexibility index (Phi) is 7.84. The molecular formula is C31H34N2O2. The van der Waals surface area contributed by atoms with E-state index in [1.54, 1.807) is 0 Å². The number of hydrogen-bond donors (Lipinski definition) is 2. The van der Waals surface area contributed by atoms with E-state index in [9.17, 15) is 4.79 Å². The number of hydrogen-bond acceptors (Lipinski definition) is 3. The molecule has 4 nitrogen and oxygen atoms in total. The van der Waals surface area contributed by atoms with Crippen LogP contribution >= 0.6 is 0 Å². The van der Waals surface area contributed by atoms with E-state index in [0.29, 0.717) is 13.1 Å². The SMILES string of the molecule is CC(C)(C)OC(=O)NCC(Cc1ccc(-c2ccccc2)cc1)NCc1ccc2ccccc2c1. The van der Waals surface area contributed by atoms with Gasteiger partial charge in [-0.2, -0.15) is 0 Å². The van der Waals surface area contributed by atoms with Gasteiger partial charge in [0, 0.05) is 19.1 Å². The van der Waals surface area contributed by atoms with Gasteiger partial charge in [-0.05, 0) is 66.3 Å². The van der Waals surface area contributed by atoms with Crippen molar-refractivity contribution in [3.05, 3.63) is 108 Å². The van der Waals surface area contributed by atoms with Crippen molar-refractivity contribution in [3.63, 3.8) is 0 Å². The van der Waals surface area contributed by atoms with E-state index in [1.165, 1.54) is 33.0 Å². The Hall–Kier alpha value is -3.63. The van der Waals surface area contributed by atoms with Crippen molar-refractivity contribution in [1.82, 2.24) is 10.6 Å². The predicted octanol–water partition coefficient (Wildman–Crippen LogP) is 6.73. The maximum atomic E-state index is 12.3. The molecule has 180 valence electrons. The van der Waals surface area contributed by atoms with Crippen molar-refractivity contribution in [3.8, 4) is 11.1 Å². The lowest BCUT2D eigenvalue weighted by molar-refractivity contribution is 0.0522. The molecule has 4 heteroatoms. The Morgan fingerprint density at radius 2 is 1.40 bits per heavy atom. The summed E-state index contributed by atoms with van der Waals surface area (Å²) in [6, 6.07) is 34.0. The number of amides is 1. The lowest BCUT2D eigenvalue weighted by Crippen LogP contribution is -2.43. The van der Waals surface area contributed by atoms with Crippen molar-refractivity contribution in [2.75, 3.05) is 6.54 Å². The van der Waals surface area contributed by atoms with Crippen LogP contribution in [0.2, 0.25) is 0 Å². The van der Waals surface area contributed by atoms with Crippen molar-refractivity contribution in [1.29, 1.82) is 0 Å². The summed E-state index contributed by atoms with van der Waals surface area (Å²) in [4.78, 5) is 12.3. The van der Waals surface area contributed by atoms with Crippen LogP contribution in [0.1, 0.15) is 31.9 Å². The number of nitrogens with one attached hydrogen (secondary N) is 2. The normalized spacial score (nSPS) is 12.3. The standard InChI is InChI=1S/C31H34N2O2/c1-31(2,3)35-30(34)33-22-29(32-21-24-15-18-26-11-7-8-12-28(26)19-24)20-23-13-16-27(17-14-23)25-9-5-4-6-10-25/h4-19,29,32H,20-22H2,1-3H3,(H,33,34). The zero-order valence-corrected chi connectivity index (χ0v) is 20.8. The van der Waals surface area contributed by atoms with Gasteiger partial charge in [0.15, 0.2) is 0 Å². The minimum absolute atomic E-state index is 0.0524. The fourth-order valence-electron chi connectivity index (χ4n) is 4.10. The highest BCUT2D eigenvalue weighted by molar-refractivity contribution is 5.83. The fraction of sp³-hybridized carbons (Fsp3) is 0.258. The first-order valence-electron chi connectivity index (χ1n) is 12.2. The number of carbonyl (C=O) groups is 1. The van der Waals surface area contributed by atoms with Gasteiger partial charge in [0.1, 0.15) is 5.60 Å². The van der Waals surface area contributed by atoms with E-state index in [0.717, 1.165) is 6.42 Å². The van der Waals surface area contributed by atoms with Gasteiger partial charge in [-0.3, -0.25) is 0 Å². The second-order valence-electron chi connectivity index (χ2n) is 9.91. The largest absolute Gasteiger partial charge is 0.444 e. The lowest BCUT2D eigenvalue weighted by Gasteiger charge is -2.23. The van der Waals surface area contributed by atoms with Crippen molar-refractivity contribution >= 4 is 16.9 Å². The predicted molar refractivity (Wildman–Crippen MR) is 144 cm³/mol. The molecule has 0 bridgehead atoms. The summed E-state index contributed by atoms with van der Waals surface area (Å²) in [6.45, 7) is 6.81. The van der Waals surface area contributed by atoms with Crippen LogP contribution in [0.25, 0.3) is 21.9 Å². The molecule has 4 aromatic rings. The molecule has 0 radical (unpaired) electrons. The van der Waals surface area contributed by atoms with Crippen LogP contribution in [0.4, 0.5) is 4.79 Å². The smallest absolute Gasteiger partial charge is 0.407 e. The molecule has 4 aromatic carbocycles. The third-order valence-corrected chi connectivity index (χ3v) is 5.84. The maximum absolute atomic E-state index is 12.3. The first-order valence-corrected chi connectivity index (χ1v) is 12.2. The first-order chi connectivity index (χ1) is 16.9. The van der Waals surface area contributed by atoms with Gasteiger partial charge >= 0.3 is 6.09 Å². The van der Waals surface area contributed by atoms with Crippen LogP contribution in [-0.4, -0.2) is 24.3 Å². The summed E-state index contributed by atoms with van der Waals surface area (Å²) in [6.07, 6.45) is 0.396. The quantitative estimate of drug-likeness (QED) is 0.303. The van der Waals surface area contributed by atoms with Crippen LogP contribution in [0, 0.1) is 0 Å². The highest BCUT2D eigenvalue weighted by atomic mass is 16.6. The molecule has 0 fully saturated rings. The number of benzene rings is 4. The number of alkyl carbamates (subject to hydrolysis) is 1. The zero-order chi connectivity index (χ0) is 24.7. The molecule has 0 aliphatic heterocycles. The topological polar surface area (TPSA) is 50.4 Å². The molecule has 2 N–H and O–H groups in total. The minimum atomic E-state index is -0.522. The number of carbonyl (C=O) groups excluding carboxylic acids is 1. The van der Waals surface area contributed by atoms with Gasteiger partial charge in [-0.1, -0.05) is 91.0 Å². The molecular weight excluding hydrogens is 432 g/mol. The van der Waals surface area contributed by atoms with E-state index < -0.39 is 11.7 Å². The van der Waals surface area contributed by atoms with Crippen LogP contribution < -0.4 is 10.6 Å². The molecule has 0 aliphatic rings. The van der Waals surface area contributed by atoms with Crippen molar-refractivity contribution < 1.29 is 9.53 Å². The molecule has 1 amide bonds. The molecule has 0 aromatic heterocycles. The fourth-order valence-corrected chi connectivity index (χ4v) is 4.10. The third kappa shape index (κ3) is 7.43. The monoisotopic (exact) mass is 466 g/mol. The number of rotatable bonds is 8. The van der Waals surface area contributed by atoms with Crippen molar-refractivity contribution in [2.45, 2.75) is 45.4 Å². The molecule has 4 rings (SSSR count). The van der Waals surface area contributed by atoms with Crippen LogP contribution in [0.15, 0.2) is 97.1 Å². The van der Waals surface area contributed by atoms with Crippen LogP contribution in [0.5, 0.6) is 0 Å². The minimum Gasteiger partial charge on any atom is -0.444 e. The Bertz CT molecular complexity index is 1240.